The lowest BCUT2D eigenvalue weighted by molar-refractivity contribution is 1.04. The minimum Gasteiger partial charge on any atom is -0.271 e. The van der Waals surface area contributed by atoms with Crippen LogP contribution in [0.1, 0.15) is 18.1 Å². The smallest absolute Gasteiger partial charge is 0.0978 e. The summed E-state index contributed by atoms with van der Waals surface area (Å²) in [6.45, 7) is 1.81. The minimum atomic E-state index is 0.652. The van der Waals surface area contributed by atoms with Crippen LogP contribution < -0.4 is 5.43 Å². The van der Waals surface area contributed by atoms with E-state index in [0.29, 0.717) is 4.99 Å². The molecule has 0 unspecified atom stereocenters. The predicted molar refractivity (Wildman–Crippen MR) is 79.9 cm³/mol. The fourth-order valence-corrected chi connectivity index (χ4v) is 1.67. The molecule has 18 heavy (non-hydrogen) atoms. The average molecular weight is 254 g/mol. The van der Waals surface area contributed by atoms with Gasteiger partial charge in [-0.25, -0.2) is 0 Å². The fraction of sp³-hybridized carbons (Fsp3) is 0.0667. The van der Waals surface area contributed by atoms with Gasteiger partial charge in [-0.15, -0.1) is 0 Å². The van der Waals surface area contributed by atoms with Gasteiger partial charge in [0.1, 0.15) is 0 Å². The summed E-state index contributed by atoms with van der Waals surface area (Å²) in [6, 6.07) is 20.1. The normalized spacial score (nSPS) is 9.61. The van der Waals surface area contributed by atoms with Crippen molar-refractivity contribution >= 4 is 22.9 Å². The monoisotopic (exact) mass is 254 g/mol. The maximum absolute atomic E-state index is 5.00. The van der Waals surface area contributed by atoms with Crippen molar-refractivity contribution in [2.75, 3.05) is 0 Å². The van der Waals surface area contributed by atoms with Gasteiger partial charge in [0, 0.05) is 11.1 Å². The summed E-state index contributed by atoms with van der Waals surface area (Å²) in [5, 5.41) is 4.39. The van der Waals surface area contributed by atoms with Crippen molar-refractivity contribution in [3.05, 3.63) is 71.8 Å². The summed E-state index contributed by atoms with van der Waals surface area (Å²) in [4.78, 5) is 0.652. The van der Waals surface area contributed by atoms with Gasteiger partial charge in [-0.2, -0.15) is 5.10 Å². The highest BCUT2D eigenvalue weighted by Crippen LogP contribution is 2.10. The van der Waals surface area contributed by atoms with Gasteiger partial charge in [-0.3, -0.25) is 5.43 Å². The number of rotatable bonds is 3. The van der Waals surface area contributed by atoms with Crippen LogP contribution in [0.15, 0.2) is 65.8 Å². The van der Waals surface area contributed by atoms with Gasteiger partial charge in [-0.05, 0) is 6.92 Å². The molecule has 0 atom stereocenters. The van der Waals surface area contributed by atoms with Crippen LogP contribution in [0.25, 0.3) is 0 Å². The van der Waals surface area contributed by atoms with Crippen molar-refractivity contribution in [2.24, 2.45) is 5.10 Å². The van der Waals surface area contributed by atoms with E-state index in [-0.39, 0.29) is 0 Å². The van der Waals surface area contributed by atoms with Gasteiger partial charge in [0.25, 0.3) is 0 Å². The third-order valence-corrected chi connectivity index (χ3v) is 2.51. The Morgan fingerprint density at radius 2 is 1.33 bits per heavy atom. The molecule has 2 aromatic rings. The van der Waals surface area contributed by atoms with Gasteiger partial charge < -0.3 is 0 Å². The molecule has 0 spiro atoms. The average Bonchev–Trinajstić information content (AvgIpc) is 2.41. The molecule has 0 saturated heterocycles. The highest BCUT2D eigenvalue weighted by molar-refractivity contribution is 7.80. The van der Waals surface area contributed by atoms with Gasteiger partial charge >= 0.3 is 0 Å². The second kappa shape index (κ2) is 6.07. The van der Waals surface area contributed by atoms with Crippen LogP contribution in [-0.4, -0.2) is 10.7 Å². The molecule has 0 bridgehead atoms. The van der Waals surface area contributed by atoms with Crippen LogP contribution in [-0.2, 0) is 0 Å². The van der Waals surface area contributed by atoms with Crippen LogP contribution in [0.5, 0.6) is 0 Å². The molecule has 0 saturated carbocycles. The van der Waals surface area contributed by atoms with E-state index in [1.807, 2.05) is 67.6 Å². The van der Waals surface area contributed by atoms with E-state index in [4.69, 9.17) is 12.2 Å². The van der Waals surface area contributed by atoms with E-state index in [1.165, 1.54) is 0 Å². The van der Waals surface area contributed by atoms with Crippen molar-refractivity contribution in [3.8, 4) is 0 Å². The SMILES string of the molecule is CC(=S)NN=C(c1ccccc1)c1ccccc1. The van der Waals surface area contributed by atoms with Crippen molar-refractivity contribution in [1.29, 1.82) is 0 Å². The van der Waals surface area contributed by atoms with Crippen LogP contribution in [0.2, 0.25) is 0 Å². The molecular weight excluding hydrogens is 240 g/mol. The van der Waals surface area contributed by atoms with Gasteiger partial charge in [0.05, 0.1) is 10.7 Å². The Hall–Kier alpha value is -2.00. The molecule has 0 radical (unpaired) electrons. The molecule has 2 nitrogen and oxygen atoms in total. The summed E-state index contributed by atoms with van der Waals surface area (Å²) >= 11 is 5.00. The van der Waals surface area contributed by atoms with E-state index >= 15 is 0 Å². The quantitative estimate of drug-likeness (QED) is 0.516. The molecule has 0 aliphatic rings. The lowest BCUT2D eigenvalue weighted by Gasteiger charge is -2.07. The number of hydrogen-bond donors (Lipinski definition) is 1. The molecule has 0 fully saturated rings. The second-order valence-electron chi connectivity index (χ2n) is 3.86. The highest BCUT2D eigenvalue weighted by atomic mass is 32.1. The number of nitrogens with zero attached hydrogens (tertiary/aromatic N) is 1. The Kier molecular flexibility index (Phi) is 4.20. The lowest BCUT2D eigenvalue weighted by atomic mass is 10.0. The zero-order valence-electron chi connectivity index (χ0n) is 10.1. The van der Waals surface area contributed by atoms with Gasteiger partial charge in [0.2, 0.25) is 0 Å². The first-order valence-corrected chi connectivity index (χ1v) is 6.13. The van der Waals surface area contributed by atoms with Crippen LogP contribution in [0.4, 0.5) is 0 Å². The number of hydrogen-bond acceptors (Lipinski definition) is 2. The molecule has 2 aromatic carbocycles. The third-order valence-electron chi connectivity index (χ3n) is 2.42. The van der Waals surface area contributed by atoms with E-state index in [0.717, 1.165) is 16.8 Å². The summed E-state index contributed by atoms with van der Waals surface area (Å²) in [5.41, 5.74) is 5.88. The highest BCUT2D eigenvalue weighted by Gasteiger charge is 2.05. The zero-order chi connectivity index (χ0) is 12.8. The Morgan fingerprint density at radius 3 is 1.72 bits per heavy atom. The molecule has 90 valence electrons. The van der Waals surface area contributed by atoms with E-state index < -0.39 is 0 Å². The van der Waals surface area contributed by atoms with Crippen LogP contribution >= 0.6 is 12.2 Å². The number of hydrazone groups is 1. The fourth-order valence-electron chi connectivity index (χ4n) is 1.62. The first-order chi connectivity index (χ1) is 8.77. The molecule has 0 aromatic heterocycles. The molecule has 0 aliphatic carbocycles. The molecule has 2 rings (SSSR count). The summed E-state index contributed by atoms with van der Waals surface area (Å²) < 4.78 is 0. The minimum absolute atomic E-state index is 0.652. The topological polar surface area (TPSA) is 24.4 Å². The molecule has 0 aliphatic heterocycles. The van der Waals surface area contributed by atoms with E-state index in [2.05, 4.69) is 10.5 Å². The number of thiocarbonyl (C=S) groups is 1. The standard InChI is InChI=1S/C15H14N2S/c1-12(18)16-17-15(13-8-4-2-5-9-13)14-10-6-3-7-11-14/h2-11H,1H3,(H,16,18). The van der Waals surface area contributed by atoms with Crippen LogP contribution in [0, 0.1) is 0 Å². The first kappa shape index (κ1) is 12.5. The van der Waals surface area contributed by atoms with Crippen molar-refractivity contribution < 1.29 is 0 Å². The number of nitrogens with one attached hydrogen (secondary N) is 1. The third kappa shape index (κ3) is 3.25. The van der Waals surface area contributed by atoms with E-state index in [9.17, 15) is 0 Å². The molecular formula is C15H14N2S. The van der Waals surface area contributed by atoms with Crippen molar-refractivity contribution in [2.45, 2.75) is 6.92 Å². The Morgan fingerprint density at radius 1 is 0.889 bits per heavy atom. The molecule has 1 N–H and O–H groups in total. The van der Waals surface area contributed by atoms with Crippen molar-refractivity contribution in [3.63, 3.8) is 0 Å². The van der Waals surface area contributed by atoms with Gasteiger partial charge in [0.15, 0.2) is 0 Å². The molecule has 0 amide bonds. The zero-order valence-corrected chi connectivity index (χ0v) is 10.9. The van der Waals surface area contributed by atoms with E-state index in [1.54, 1.807) is 0 Å². The Bertz CT molecular complexity index is 506. The van der Waals surface area contributed by atoms with Crippen LogP contribution in [0.3, 0.4) is 0 Å². The summed E-state index contributed by atoms with van der Waals surface area (Å²) in [6.07, 6.45) is 0. The maximum Gasteiger partial charge on any atom is 0.0978 e. The molecule has 0 heterocycles. The summed E-state index contributed by atoms with van der Waals surface area (Å²) in [7, 11) is 0. The lowest BCUT2D eigenvalue weighted by Crippen LogP contribution is -2.15. The molecule has 3 heteroatoms. The maximum atomic E-state index is 5.00. The van der Waals surface area contributed by atoms with Gasteiger partial charge in [-0.1, -0.05) is 72.9 Å². The van der Waals surface area contributed by atoms with Crippen molar-refractivity contribution in [1.82, 2.24) is 5.43 Å². The Balaban J connectivity index is 2.42. The number of benzene rings is 2. The summed E-state index contributed by atoms with van der Waals surface area (Å²) in [5.74, 6) is 0. The second-order valence-corrected chi connectivity index (χ2v) is 4.47. The largest absolute Gasteiger partial charge is 0.271 e. The Labute approximate surface area is 112 Å². The predicted octanol–water partition coefficient (Wildman–Crippen LogP) is 3.38. The first-order valence-electron chi connectivity index (χ1n) is 5.72.